The number of ether oxygens (including phenoxy) is 1. The van der Waals surface area contributed by atoms with Crippen molar-refractivity contribution in [2.24, 2.45) is 0 Å². The van der Waals surface area contributed by atoms with E-state index in [0.29, 0.717) is 5.88 Å². The van der Waals surface area contributed by atoms with Crippen molar-refractivity contribution in [2.75, 3.05) is 0 Å². The Morgan fingerprint density at radius 3 is 2.64 bits per heavy atom. The van der Waals surface area contributed by atoms with Gasteiger partial charge in [0.15, 0.2) is 0 Å². The summed E-state index contributed by atoms with van der Waals surface area (Å²) in [5.41, 5.74) is -0.178. The molecule has 0 aliphatic carbocycles. The lowest BCUT2D eigenvalue weighted by Gasteiger charge is -2.19. The zero-order valence-electron chi connectivity index (χ0n) is 7.09. The second-order valence-corrected chi connectivity index (χ2v) is 3.32. The summed E-state index contributed by atoms with van der Waals surface area (Å²) in [4.78, 5) is 3.92. The topological polar surface area (TPSA) is 22.1 Å². The number of hydrogen-bond donors (Lipinski definition) is 0. The number of rotatable bonds is 1. The van der Waals surface area contributed by atoms with Crippen molar-refractivity contribution in [3.8, 4) is 5.88 Å². The predicted octanol–water partition coefficient (Wildman–Crippen LogP) is 2.06. The largest absolute Gasteiger partial charge is 0.472 e. The molecule has 0 aliphatic heterocycles. The van der Waals surface area contributed by atoms with Crippen molar-refractivity contribution >= 4 is 0 Å². The van der Waals surface area contributed by atoms with Gasteiger partial charge >= 0.3 is 0 Å². The Balaban J connectivity index is 2.66. The van der Waals surface area contributed by atoms with Gasteiger partial charge in [0.2, 0.25) is 5.88 Å². The van der Waals surface area contributed by atoms with Crippen molar-refractivity contribution in [3.63, 3.8) is 0 Å². The quantitative estimate of drug-likeness (QED) is 0.611. The average Bonchev–Trinajstić information content (AvgIpc) is 1.85. The third-order valence-electron chi connectivity index (χ3n) is 0.995. The molecule has 1 rings (SSSR count). The fourth-order valence-corrected chi connectivity index (χ4v) is 0.682. The molecular weight excluding hydrogens is 138 g/mol. The van der Waals surface area contributed by atoms with Crippen molar-refractivity contribution in [1.82, 2.24) is 4.98 Å². The van der Waals surface area contributed by atoms with Crippen LogP contribution in [0.5, 0.6) is 5.88 Å². The molecule has 0 amide bonds. The average molecular weight is 150 g/mol. The van der Waals surface area contributed by atoms with E-state index < -0.39 is 0 Å². The Bertz CT molecular complexity index is 213. The van der Waals surface area contributed by atoms with E-state index in [1.165, 1.54) is 0 Å². The fourth-order valence-electron chi connectivity index (χ4n) is 0.682. The molecule has 0 fully saturated rings. The lowest BCUT2D eigenvalue weighted by atomic mass is 10.2. The van der Waals surface area contributed by atoms with Crippen molar-refractivity contribution in [2.45, 2.75) is 26.4 Å². The van der Waals surface area contributed by atoms with Crippen LogP contribution in [0.3, 0.4) is 0 Å². The SMILES string of the molecule is CC(C)(C)Oc1ccc[c]n1. The van der Waals surface area contributed by atoms with Crippen LogP contribution in [0.15, 0.2) is 18.2 Å². The maximum atomic E-state index is 5.46. The van der Waals surface area contributed by atoms with E-state index in [4.69, 9.17) is 4.74 Å². The van der Waals surface area contributed by atoms with E-state index in [2.05, 4.69) is 11.2 Å². The van der Waals surface area contributed by atoms with Gasteiger partial charge in [-0.1, -0.05) is 6.07 Å². The zero-order valence-corrected chi connectivity index (χ0v) is 7.09. The third-order valence-corrected chi connectivity index (χ3v) is 0.995. The van der Waals surface area contributed by atoms with Gasteiger partial charge in [-0.05, 0) is 26.8 Å². The Hall–Kier alpha value is -1.05. The smallest absolute Gasteiger partial charge is 0.214 e. The van der Waals surface area contributed by atoms with E-state index in [1.54, 1.807) is 6.07 Å². The Morgan fingerprint density at radius 1 is 1.45 bits per heavy atom. The van der Waals surface area contributed by atoms with Gasteiger partial charge < -0.3 is 4.74 Å². The number of aromatic nitrogens is 1. The second-order valence-electron chi connectivity index (χ2n) is 3.32. The summed E-state index contributed by atoms with van der Waals surface area (Å²) in [5.74, 6) is 0.625. The van der Waals surface area contributed by atoms with Crippen molar-refractivity contribution in [1.29, 1.82) is 0 Å². The first-order valence-electron chi connectivity index (χ1n) is 3.60. The van der Waals surface area contributed by atoms with Crippen LogP contribution in [0, 0.1) is 6.20 Å². The molecule has 0 atom stereocenters. The molecule has 0 N–H and O–H groups in total. The molecule has 11 heavy (non-hydrogen) atoms. The van der Waals surface area contributed by atoms with Crippen LogP contribution in [0.1, 0.15) is 20.8 Å². The molecule has 1 heterocycles. The third kappa shape index (κ3) is 3.03. The minimum atomic E-state index is -0.178. The Labute approximate surface area is 67.2 Å². The molecule has 1 radical (unpaired) electrons. The summed E-state index contributed by atoms with van der Waals surface area (Å²) in [6, 6.07) is 5.42. The highest BCUT2D eigenvalue weighted by atomic mass is 16.5. The standard InChI is InChI=1S/C9H12NO/c1-9(2,3)11-8-6-4-5-7-10-8/h4-6H,1-3H3. The number of pyridine rings is 1. The van der Waals surface area contributed by atoms with E-state index >= 15 is 0 Å². The van der Waals surface area contributed by atoms with Gasteiger partial charge in [0.05, 0.1) is 6.20 Å². The maximum Gasteiger partial charge on any atom is 0.214 e. The van der Waals surface area contributed by atoms with Gasteiger partial charge in [0.25, 0.3) is 0 Å². The van der Waals surface area contributed by atoms with Crippen LogP contribution < -0.4 is 4.74 Å². The molecule has 0 saturated heterocycles. The van der Waals surface area contributed by atoms with E-state index in [-0.39, 0.29) is 5.60 Å². The van der Waals surface area contributed by atoms with Crippen LogP contribution >= 0.6 is 0 Å². The van der Waals surface area contributed by atoms with Gasteiger partial charge in [-0.2, -0.15) is 0 Å². The molecule has 0 saturated carbocycles. The highest BCUT2D eigenvalue weighted by Crippen LogP contribution is 2.12. The van der Waals surface area contributed by atoms with E-state index in [1.807, 2.05) is 32.9 Å². The summed E-state index contributed by atoms with van der Waals surface area (Å²) in [5, 5.41) is 0. The molecular formula is C9H12NO. The molecule has 0 spiro atoms. The van der Waals surface area contributed by atoms with Crippen LogP contribution in [-0.2, 0) is 0 Å². The minimum absolute atomic E-state index is 0.178. The van der Waals surface area contributed by atoms with Gasteiger partial charge in [0.1, 0.15) is 5.60 Å². The van der Waals surface area contributed by atoms with E-state index in [0.717, 1.165) is 0 Å². The van der Waals surface area contributed by atoms with Gasteiger partial charge in [-0.15, -0.1) is 0 Å². The second kappa shape index (κ2) is 2.91. The van der Waals surface area contributed by atoms with E-state index in [9.17, 15) is 0 Å². The van der Waals surface area contributed by atoms with Crippen LogP contribution in [0.4, 0.5) is 0 Å². The normalized spacial score (nSPS) is 11.2. The summed E-state index contributed by atoms with van der Waals surface area (Å²) < 4.78 is 5.46. The first-order chi connectivity index (χ1) is 5.08. The summed E-state index contributed by atoms with van der Waals surface area (Å²) in [7, 11) is 0. The molecule has 59 valence electrons. The lowest BCUT2D eigenvalue weighted by Crippen LogP contribution is -2.23. The van der Waals surface area contributed by atoms with Crippen LogP contribution in [0.25, 0.3) is 0 Å². The van der Waals surface area contributed by atoms with Crippen LogP contribution in [0.2, 0.25) is 0 Å². The zero-order chi connectivity index (χ0) is 8.32. The molecule has 0 unspecified atom stereocenters. The van der Waals surface area contributed by atoms with Gasteiger partial charge in [-0.25, -0.2) is 4.98 Å². The highest BCUT2D eigenvalue weighted by molar-refractivity contribution is 5.09. The first kappa shape index (κ1) is 8.05. The van der Waals surface area contributed by atoms with Gasteiger partial charge in [0, 0.05) is 6.07 Å². The minimum Gasteiger partial charge on any atom is -0.472 e. The Kier molecular flexibility index (Phi) is 2.13. The molecule has 1 aromatic rings. The maximum absolute atomic E-state index is 5.46. The molecule has 2 heteroatoms. The number of nitrogens with zero attached hydrogens (tertiary/aromatic N) is 1. The van der Waals surface area contributed by atoms with Gasteiger partial charge in [-0.3, -0.25) is 0 Å². The summed E-state index contributed by atoms with van der Waals surface area (Å²) in [6.45, 7) is 5.96. The predicted molar refractivity (Wildman–Crippen MR) is 43.5 cm³/mol. The highest BCUT2D eigenvalue weighted by Gasteiger charge is 2.11. The van der Waals surface area contributed by atoms with Crippen LogP contribution in [-0.4, -0.2) is 10.6 Å². The van der Waals surface area contributed by atoms with Crippen molar-refractivity contribution in [3.05, 3.63) is 24.4 Å². The monoisotopic (exact) mass is 150 g/mol. The lowest BCUT2D eigenvalue weighted by molar-refractivity contribution is 0.124. The molecule has 1 aromatic heterocycles. The first-order valence-corrected chi connectivity index (χ1v) is 3.60. The molecule has 0 bridgehead atoms. The molecule has 0 aliphatic rings. The molecule has 2 nitrogen and oxygen atoms in total. The fraction of sp³-hybridized carbons (Fsp3) is 0.444. The summed E-state index contributed by atoms with van der Waals surface area (Å²) in [6.07, 6.45) is 2.71. The Morgan fingerprint density at radius 2 is 2.18 bits per heavy atom. The summed E-state index contributed by atoms with van der Waals surface area (Å²) >= 11 is 0. The van der Waals surface area contributed by atoms with Crippen molar-refractivity contribution < 1.29 is 4.74 Å². The molecule has 0 aromatic carbocycles. The number of hydrogen-bond acceptors (Lipinski definition) is 2.